The molecular formula is C25H22N2O5. The number of fused-ring (bicyclic) bond motifs is 2. The lowest BCUT2D eigenvalue weighted by Crippen LogP contribution is -2.39. The fourth-order valence-electron chi connectivity index (χ4n) is 4.12. The number of furan rings is 1. The van der Waals surface area contributed by atoms with Gasteiger partial charge in [0.05, 0.1) is 29.7 Å². The lowest BCUT2D eigenvalue weighted by molar-refractivity contribution is -0.0773. The molecule has 32 heavy (non-hydrogen) atoms. The van der Waals surface area contributed by atoms with Gasteiger partial charge in [-0.15, -0.1) is 4.91 Å². The van der Waals surface area contributed by atoms with Crippen molar-refractivity contribution in [2.45, 2.75) is 26.9 Å². The molecule has 0 bridgehead atoms. The van der Waals surface area contributed by atoms with Crippen LogP contribution in [0, 0.1) is 24.7 Å². The number of carbonyl (C=O) groups excluding carboxylic acids is 1. The first kappa shape index (κ1) is 20.3. The molecule has 0 spiro atoms. The summed E-state index contributed by atoms with van der Waals surface area (Å²) in [5.41, 5.74) is 3.68. The van der Waals surface area contributed by atoms with E-state index in [9.17, 15) is 9.70 Å². The lowest BCUT2D eigenvalue weighted by atomic mass is 10.00. The topological polar surface area (TPSA) is 91.0 Å². The third kappa shape index (κ3) is 3.26. The number of rotatable bonds is 5. The minimum absolute atomic E-state index is 0.112. The van der Waals surface area contributed by atoms with Crippen molar-refractivity contribution >= 4 is 27.8 Å². The zero-order valence-corrected chi connectivity index (χ0v) is 18.0. The Hall–Kier alpha value is -3.58. The summed E-state index contributed by atoms with van der Waals surface area (Å²) < 4.78 is 17.5. The van der Waals surface area contributed by atoms with Crippen molar-refractivity contribution in [2.75, 3.05) is 13.2 Å². The van der Waals surface area contributed by atoms with Crippen molar-refractivity contribution in [3.63, 3.8) is 0 Å². The summed E-state index contributed by atoms with van der Waals surface area (Å²) in [6.45, 7) is 7.10. The summed E-state index contributed by atoms with van der Waals surface area (Å²) in [4.78, 5) is 28.7. The smallest absolute Gasteiger partial charge is 0.317 e. The van der Waals surface area contributed by atoms with Crippen molar-refractivity contribution in [1.82, 2.24) is 4.98 Å². The molecule has 7 heteroatoms. The molecule has 1 saturated heterocycles. The Balaban J connectivity index is 1.73. The van der Waals surface area contributed by atoms with Crippen LogP contribution in [0.1, 0.15) is 28.4 Å². The van der Waals surface area contributed by atoms with Crippen molar-refractivity contribution in [3.8, 4) is 17.2 Å². The van der Waals surface area contributed by atoms with Crippen LogP contribution in [0.15, 0.2) is 52.1 Å². The van der Waals surface area contributed by atoms with Gasteiger partial charge in [0, 0.05) is 22.0 Å². The number of carbonyl (C=O) groups is 1. The third-order valence-electron chi connectivity index (χ3n) is 6.15. The maximum absolute atomic E-state index is 12.6. The maximum Gasteiger partial charge on any atom is 0.317 e. The summed E-state index contributed by atoms with van der Waals surface area (Å²) in [6, 6.07) is 13.0. The van der Waals surface area contributed by atoms with Gasteiger partial charge < -0.3 is 13.9 Å². The third-order valence-corrected chi connectivity index (χ3v) is 6.15. The number of hydrogen-bond donors (Lipinski definition) is 0. The highest BCUT2D eigenvalue weighted by molar-refractivity contribution is 6.10. The van der Waals surface area contributed by atoms with Gasteiger partial charge in [0.25, 0.3) is 0 Å². The molecule has 0 radical (unpaired) electrons. The molecule has 1 atom stereocenters. The predicted molar refractivity (Wildman–Crippen MR) is 121 cm³/mol. The highest BCUT2D eigenvalue weighted by Crippen LogP contribution is 2.38. The standard InChI is InChI=1S/C25H22N2O5/c1-13-8-9-21(31-15(3)16-11-30-12-16)22-18(25(28)27-29)10-19(26-23(13)22)24-14(2)17-6-4-5-7-20(17)32-24/h4-10,15-16H,11-12H2,1-3H3/t15-/m0/s1. The Labute approximate surface area is 184 Å². The molecule has 1 amide bonds. The van der Waals surface area contributed by atoms with Crippen LogP contribution in [0.5, 0.6) is 5.75 Å². The van der Waals surface area contributed by atoms with E-state index in [1.165, 1.54) is 0 Å². The molecule has 2 aromatic carbocycles. The molecule has 1 fully saturated rings. The number of nitrogens with zero attached hydrogens (tertiary/aromatic N) is 2. The quantitative estimate of drug-likeness (QED) is 0.384. The van der Waals surface area contributed by atoms with E-state index in [4.69, 9.17) is 18.9 Å². The molecule has 1 aliphatic heterocycles. The molecule has 7 nitrogen and oxygen atoms in total. The lowest BCUT2D eigenvalue weighted by Gasteiger charge is -2.32. The van der Waals surface area contributed by atoms with E-state index in [0.29, 0.717) is 41.3 Å². The van der Waals surface area contributed by atoms with Crippen molar-refractivity contribution in [2.24, 2.45) is 11.1 Å². The molecule has 4 aromatic rings. The molecule has 0 saturated carbocycles. The minimum atomic E-state index is -0.873. The number of hydrogen-bond acceptors (Lipinski definition) is 6. The molecule has 5 rings (SSSR count). The second-order valence-corrected chi connectivity index (χ2v) is 8.23. The van der Waals surface area contributed by atoms with Crippen LogP contribution in [0.3, 0.4) is 0 Å². The van der Waals surface area contributed by atoms with Gasteiger partial charge in [0.2, 0.25) is 0 Å². The first-order chi connectivity index (χ1) is 15.5. The zero-order valence-electron chi connectivity index (χ0n) is 18.0. The fourth-order valence-corrected chi connectivity index (χ4v) is 4.12. The van der Waals surface area contributed by atoms with Gasteiger partial charge in [-0.3, -0.25) is 4.79 Å². The molecular weight excluding hydrogens is 408 g/mol. The van der Waals surface area contributed by atoms with Crippen LogP contribution < -0.4 is 4.74 Å². The Bertz CT molecular complexity index is 1370. The van der Waals surface area contributed by atoms with Crippen molar-refractivity contribution in [1.29, 1.82) is 0 Å². The number of benzene rings is 2. The number of ether oxygens (including phenoxy) is 2. The Morgan fingerprint density at radius 3 is 2.66 bits per heavy atom. The van der Waals surface area contributed by atoms with Crippen molar-refractivity contribution < 1.29 is 18.7 Å². The van der Waals surface area contributed by atoms with Gasteiger partial charge in [-0.25, -0.2) is 4.98 Å². The summed E-state index contributed by atoms with van der Waals surface area (Å²) >= 11 is 0. The summed E-state index contributed by atoms with van der Waals surface area (Å²) in [6.07, 6.45) is -0.112. The van der Waals surface area contributed by atoms with E-state index in [0.717, 1.165) is 22.1 Å². The highest BCUT2D eigenvalue weighted by atomic mass is 16.5. The number of aromatic nitrogens is 1. The second kappa shape index (κ2) is 7.84. The summed E-state index contributed by atoms with van der Waals surface area (Å²) in [5.74, 6) is 0.457. The first-order valence-electron chi connectivity index (χ1n) is 10.5. The zero-order chi connectivity index (χ0) is 22.4. The maximum atomic E-state index is 12.6. The fraction of sp³-hybridized carbons (Fsp3) is 0.280. The van der Waals surface area contributed by atoms with E-state index in [1.54, 1.807) is 6.07 Å². The van der Waals surface area contributed by atoms with E-state index < -0.39 is 5.91 Å². The number of para-hydroxylation sites is 1. The summed E-state index contributed by atoms with van der Waals surface area (Å²) in [5, 5.41) is 4.15. The Morgan fingerprint density at radius 1 is 1.19 bits per heavy atom. The molecule has 162 valence electrons. The van der Waals surface area contributed by atoms with Gasteiger partial charge in [-0.1, -0.05) is 24.3 Å². The molecule has 2 aromatic heterocycles. The van der Waals surface area contributed by atoms with Gasteiger partial charge in [-0.2, -0.15) is 0 Å². The summed E-state index contributed by atoms with van der Waals surface area (Å²) in [7, 11) is 0. The van der Waals surface area contributed by atoms with Gasteiger partial charge >= 0.3 is 5.91 Å². The van der Waals surface area contributed by atoms with Crippen molar-refractivity contribution in [3.05, 3.63) is 64.1 Å². The number of pyridine rings is 1. The van der Waals surface area contributed by atoms with E-state index in [-0.39, 0.29) is 17.6 Å². The normalized spacial score (nSPS) is 15.0. The minimum Gasteiger partial charge on any atom is -0.490 e. The predicted octanol–water partition coefficient (Wildman–Crippen LogP) is 5.59. The van der Waals surface area contributed by atoms with Crippen LogP contribution in [0.2, 0.25) is 0 Å². The van der Waals surface area contributed by atoms with Crippen LogP contribution in [-0.2, 0) is 4.74 Å². The van der Waals surface area contributed by atoms with E-state index in [1.807, 2.05) is 57.2 Å². The van der Waals surface area contributed by atoms with Crippen LogP contribution >= 0.6 is 0 Å². The van der Waals surface area contributed by atoms with Gasteiger partial charge in [0.1, 0.15) is 23.1 Å². The highest BCUT2D eigenvalue weighted by Gasteiger charge is 2.28. The number of aryl methyl sites for hydroxylation is 2. The monoisotopic (exact) mass is 430 g/mol. The Morgan fingerprint density at radius 2 is 1.97 bits per heavy atom. The number of amides is 1. The average molecular weight is 430 g/mol. The van der Waals surface area contributed by atoms with Gasteiger partial charge in [-0.05, 0) is 44.5 Å². The Kier molecular flexibility index (Phi) is 4.98. The molecule has 0 aliphatic carbocycles. The average Bonchev–Trinajstić information content (AvgIpc) is 3.10. The number of nitroso groups, excluding NO2 is 1. The largest absolute Gasteiger partial charge is 0.490 e. The molecule has 0 unspecified atom stereocenters. The van der Waals surface area contributed by atoms with Crippen LogP contribution in [0.4, 0.5) is 0 Å². The second-order valence-electron chi connectivity index (χ2n) is 8.23. The van der Waals surface area contributed by atoms with E-state index in [2.05, 4.69) is 5.18 Å². The molecule has 3 heterocycles. The first-order valence-corrected chi connectivity index (χ1v) is 10.5. The molecule has 0 N–H and O–H groups in total. The van der Waals surface area contributed by atoms with Crippen LogP contribution in [-0.4, -0.2) is 30.2 Å². The van der Waals surface area contributed by atoms with Crippen LogP contribution in [0.25, 0.3) is 33.3 Å². The SMILES string of the molecule is Cc1c(-c2cc(C(=O)N=O)c3c(O[C@@H](C)C4COC4)ccc(C)c3n2)oc2ccccc12. The van der Waals surface area contributed by atoms with E-state index >= 15 is 0 Å². The van der Waals surface area contributed by atoms with Gasteiger partial charge in [0.15, 0.2) is 5.76 Å². The molecule has 1 aliphatic rings.